The quantitative estimate of drug-likeness (QED) is 0.588. The summed E-state index contributed by atoms with van der Waals surface area (Å²) in [5, 5.41) is 9.59. The molecule has 1 N–H and O–H groups in total. The largest absolute Gasteiger partial charge is 0.390 e. The molecule has 1 nitrogen and oxygen atoms in total. The van der Waals surface area contributed by atoms with Crippen LogP contribution in [0.15, 0.2) is 0 Å². The van der Waals surface area contributed by atoms with E-state index in [0.717, 1.165) is 19.3 Å². The molecular formula is C10H21O. The van der Waals surface area contributed by atoms with Gasteiger partial charge in [-0.1, -0.05) is 33.1 Å². The lowest BCUT2D eigenvalue weighted by molar-refractivity contribution is 0.0545. The summed E-state index contributed by atoms with van der Waals surface area (Å²) in [5.41, 5.74) is -0.465. The molecule has 0 heterocycles. The Morgan fingerprint density at radius 2 is 2.00 bits per heavy atom. The summed E-state index contributed by atoms with van der Waals surface area (Å²) in [4.78, 5) is 0. The van der Waals surface area contributed by atoms with E-state index in [1.807, 2.05) is 13.8 Å². The topological polar surface area (TPSA) is 20.2 Å². The number of rotatable bonds is 6. The van der Waals surface area contributed by atoms with Gasteiger partial charge in [0.25, 0.3) is 0 Å². The van der Waals surface area contributed by atoms with Gasteiger partial charge in [0, 0.05) is 0 Å². The summed E-state index contributed by atoms with van der Waals surface area (Å²) >= 11 is 0. The molecule has 0 aromatic heterocycles. The van der Waals surface area contributed by atoms with Gasteiger partial charge in [0.2, 0.25) is 0 Å². The summed E-state index contributed by atoms with van der Waals surface area (Å²) in [6.45, 7) is 6.11. The van der Waals surface area contributed by atoms with Crippen LogP contribution in [0.4, 0.5) is 0 Å². The van der Waals surface area contributed by atoms with Gasteiger partial charge in [-0.05, 0) is 26.2 Å². The first-order valence-corrected chi connectivity index (χ1v) is 4.66. The van der Waals surface area contributed by atoms with Gasteiger partial charge in [-0.15, -0.1) is 0 Å². The average molecular weight is 157 g/mol. The van der Waals surface area contributed by atoms with E-state index in [2.05, 4.69) is 13.3 Å². The third-order valence-corrected chi connectivity index (χ3v) is 2.11. The van der Waals surface area contributed by atoms with Crippen molar-refractivity contribution in [3.05, 3.63) is 6.42 Å². The zero-order valence-corrected chi connectivity index (χ0v) is 8.06. The number of hydrogen-bond donors (Lipinski definition) is 1. The summed E-state index contributed by atoms with van der Waals surface area (Å²) in [6.07, 6.45) is 7.52. The SMILES string of the molecule is CCCC[CH]CC(C)(O)CC. The van der Waals surface area contributed by atoms with Crippen LogP contribution in [0.25, 0.3) is 0 Å². The first-order chi connectivity index (χ1) is 5.12. The third-order valence-electron chi connectivity index (χ3n) is 2.11. The van der Waals surface area contributed by atoms with Crippen LogP contribution in [0.5, 0.6) is 0 Å². The van der Waals surface area contributed by atoms with E-state index in [0.29, 0.717) is 0 Å². The number of unbranched alkanes of at least 4 members (excludes halogenated alkanes) is 3. The first kappa shape index (κ1) is 11.0. The van der Waals surface area contributed by atoms with Gasteiger partial charge in [-0.3, -0.25) is 0 Å². The van der Waals surface area contributed by atoms with Gasteiger partial charge < -0.3 is 5.11 Å². The van der Waals surface area contributed by atoms with Crippen molar-refractivity contribution in [3.8, 4) is 0 Å². The van der Waals surface area contributed by atoms with Gasteiger partial charge in [0.05, 0.1) is 5.60 Å². The van der Waals surface area contributed by atoms with E-state index in [1.54, 1.807) is 0 Å². The molecule has 1 heteroatoms. The maximum absolute atomic E-state index is 9.59. The maximum atomic E-state index is 9.59. The molecule has 1 unspecified atom stereocenters. The van der Waals surface area contributed by atoms with Crippen LogP contribution in [0.2, 0.25) is 0 Å². The van der Waals surface area contributed by atoms with Crippen LogP contribution in [-0.4, -0.2) is 10.7 Å². The van der Waals surface area contributed by atoms with E-state index in [-0.39, 0.29) is 0 Å². The predicted molar refractivity (Wildman–Crippen MR) is 49.4 cm³/mol. The number of aliphatic hydroxyl groups is 1. The van der Waals surface area contributed by atoms with E-state index in [4.69, 9.17) is 0 Å². The molecule has 1 atom stereocenters. The molecule has 0 aromatic rings. The molecule has 0 saturated carbocycles. The summed E-state index contributed by atoms with van der Waals surface area (Å²) in [7, 11) is 0. The van der Waals surface area contributed by atoms with E-state index >= 15 is 0 Å². The maximum Gasteiger partial charge on any atom is 0.0619 e. The fourth-order valence-corrected chi connectivity index (χ4v) is 0.906. The normalized spacial score (nSPS) is 16.4. The molecule has 0 fully saturated rings. The lowest BCUT2D eigenvalue weighted by Gasteiger charge is -2.20. The van der Waals surface area contributed by atoms with Gasteiger partial charge in [0.15, 0.2) is 0 Å². The Bertz CT molecular complexity index is 86.9. The molecule has 1 radical (unpaired) electrons. The van der Waals surface area contributed by atoms with Crippen LogP contribution in [0.1, 0.15) is 52.9 Å². The third kappa shape index (κ3) is 6.36. The second-order valence-corrected chi connectivity index (χ2v) is 3.49. The van der Waals surface area contributed by atoms with E-state index < -0.39 is 5.60 Å². The molecule has 0 aliphatic carbocycles. The Balaban J connectivity index is 3.23. The molecule has 0 aromatic carbocycles. The Hall–Kier alpha value is -0.0400. The van der Waals surface area contributed by atoms with Crippen molar-refractivity contribution >= 4 is 0 Å². The molecule has 67 valence electrons. The zero-order chi connectivity index (χ0) is 8.74. The van der Waals surface area contributed by atoms with Gasteiger partial charge in [-0.25, -0.2) is 0 Å². The van der Waals surface area contributed by atoms with Crippen molar-refractivity contribution in [3.63, 3.8) is 0 Å². The highest BCUT2D eigenvalue weighted by Gasteiger charge is 2.15. The fraction of sp³-hybridized carbons (Fsp3) is 0.900. The minimum absolute atomic E-state index is 0.465. The summed E-state index contributed by atoms with van der Waals surface area (Å²) < 4.78 is 0. The fourth-order valence-electron chi connectivity index (χ4n) is 0.906. The van der Waals surface area contributed by atoms with E-state index in [1.165, 1.54) is 12.8 Å². The Labute approximate surface area is 70.8 Å². The summed E-state index contributed by atoms with van der Waals surface area (Å²) in [5.74, 6) is 0. The van der Waals surface area contributed by atoms with Crippen LogP contribution in [-0.2, 0) is 0 Å². The molecular weight excluding hydrogens is 136 g/mol. The molecule has 11 heavy (non-hydrogen) atoms. The highest BCUT2D eigenvalue weighted by Crippen LogP contribution is 2.17. The van der Waals surface area contributed by atoms with Crippen molar-refractivity contribution < 1.29 is 5.11 Å². The zero-order valence-electron chi connectivity index (χ0n) is 8.06. The van der Waals surface area contributed by atoms with Crippen molar-refractivity contribution in [2.75, 3.05) is 0 Å². The minimum Gasteiger partial charge on any atom is -0.390 e. The Morgan fingerprint density at radius 3 is 2.45 bits per heavy atom. The summed E-state index contributed by atoms with van der Waals surface area (Å²) in [6, 6.07) is 0. The molecule has 0 bridgehead atoms. The lowest BCUT2D eigenvalue weighted by atomic mass is 9.95. The van der Waals surface area contributed by atoms with Gasteiger partial charge in [0.1, 0.15) is 0 Å². The lowest BCUT2D eigenvalue weighted by Crippen LogP contribution is -2.22. The predicted octanol–water partition coefficient (Wildman–Crippen LogP) is 2.93. The van der Waals surface area contributed by atoms with Crippen molar-refractivity contribution in [1.29, 1.82) is 0 Å². The van der Waals surface area contributed by atoms with E-state index in [9.17, 15) is 5.11 Å². The van der Waals surface area contributed by atoms with Crippen molar-refractivity contribution in [1.82, 2.24) is 0 Å². The van der Waals surface area contributed by atoms with Gasteiger partial charge in [-0.2, -0.15) is 0 Å². The highest BCUT2D eigenvalue weighted by molar-refractivity contribution is 4.79. The molecule has 0 amide bonds. The van der Waals surface area contributed by atoms with Crippen LogP contribution >= 0.6 is 0 Å². The second kappa shape index (κ2) is 5.59. The molecule has 0 aliphatic heterocycles. The van der Waals surface area contributed by atoms with Crippen molar-refractivity contribution in [2.24, 2.45) is 0 Å². The highest BCUT2D eigenvalue weighted by atomic mass is 16.3. The van der Waals surface area contributed by atoms with Crippen LogP contribution in [0.3, 0.4) is 0 Å². The Kier molecular flexibility index (Phi) is 5.57. The van der Waals surface area contributed by atoms with Crippen molar-refractivity contribution in [2.45, 2.75) is 58.5 Å². The molecule has 0 rings (SSSR count). The van der Waals surface area contributed by atoms with Crippen LogP contribution in [0, 0.1) is 6.42 Å². The monoisotopic (exact) mass is 157 g/mol. The minimum atomic E-state index is -0.465. The first-order valence-electron chi connectivity index (χ1n) is 4.66. The average Bonchev–Trinajstić information content (AvgIpc) is 1.99. The molecule has 0 spiro atoms. The van der Waals surface area contributed by atoms with Gasteiger partial charge >= 0.3 is 0 Å². The number of hydrogen-bond acceptors (Lipinski definition) is 1. The van der Waals surface area contributed by atoms with Crippen LogP contribution < -0.4 is 0 Å². The second-order valence-electron chi connectivity index (χ2n) is 3.49. The molecule has 0 aliphatic rings. The smallest absolute Gasteiger partial charge is 0.0619 e. The standard InChI is InChI=1S/C10H21O/c1-4-6-7-8-9-10(3,11)5-2/h8,11H,4-7,9H2,1-3H3. The molecule has 0 saturated heterocycles. The Morgan fingerprint density at radius 1 is 1.36 bits per heavy atom.